The van der Waals surface area contributed by atoms with Crippen molar-refractivity contribution in [1.29, 1.82) is 5.26 Å². The highest BCUT2D eigenvalue weighted by Gasteiger charge is 2.05. The summed E-state index contributed by atoms with van der Waals surface area (Å²) in [4.78, 5) is 0. The Bertz CT molecular complexity index is 325. The molecule has 0 aliphatic heterocycles. The van der Waals surface area contributed by atoms with Crippen LogP contribution in [0.4, 0.5) is 5.69 Å². The third-order valence-corrected chi connectivity index (χ3v) is 1.83. The molecule has 1 aromatic carbocycles. The molecule has 1 rings (SSSR count). The normalized spacial score (nSPS) is 9.77. The fraction of sp³-hybridized carbons (Fsp3) is 0.300. The summed E-state index contributed by atoms with van der Waals surface area (Å²) in [5, 5.41) is 10.3. The van der Waals surface area contributed by atoms with Gasteiger partial charge < -0.3 is 5.01 Å². The summed E-state index contributed by atoms with van der Waals surface area (Å²) >= 11 is 0. The lowest BCUT2D eigenvalue weighted by Gasteiger charge is -2.22. The van der Waals surface area contributed by atoms with Crippen LogP contribution in [0.5, 0.6) is 0 Å². The number of nitrogens with zero attached hydrogens (tertiary/aromatic N) is 2. The van der Waals surface area contributed by atoms with E-state index in [1.165, 1.54) is 0 Å². The number of nitrogens with two attached hydrogens (primary N) is 1. The minimum absolute atomic E-state index is 0.231. The highest BCUT2D eigenvalue weighted by Crippen LogP contribution is 2.14. The minimum atomic E-state index is 0.231. The van der Waals surface area contributed by atoms with E-state index in [1.54, 1.807) is 17.1 Å². The lowest BCUT2D eigenvalue weighted by molar-refractivity contribution is 0.711. The zero-order valence-corrected chi connectivity index (χ0v) is 7.86. The van der Waals surface area contributed by atoms with E-state index in [0.717, 1.165) is 5.69 Å². The fourth-order valence-corrected chi connectivity index (χ4v) is 1.03. The van der Waals surface area contributed by atoms with Gasteiger partial charge in [-0.3, -0.25) is 0 Å². The molecular formula is C10H13N3. The lowest BCUT2D eigenvalue weighted by atomic mass is 10.2. The van der Waals surface area contributed by atoms with Gasteiger partial charge in [-0.15, -0.1) is 0 Å². The topological polar surface area (TPSA) is 53.0 Å². The van der Waals surface area contributed by atoms with Gasteiger partial charge in [-0.25, -0.2) is 5.84 Å². The predicted octanol–water partition coefficient (Wildman–Crippen LogP) is 1.65. The number of nitriles is 1. The first-order valence-electron chi connectivity index (χ1n) is 4.19. The van der Waals surface area contributed by atoms with Crippen molar-refractivity contribution in [2.45, 2.75) is 19.9 Å². The first kappa shape index (κ1) is 9.56. The summed E-state index contributed by atoms with van der Waals surface area (Å²) in [6.45, 7) is 4.00. The van der Waals surface area contributed by atoms with Gasteiger partial charge in [-0.1, -0.05) is 6.07 Å². The van der Waals surface area contributed by atoms with E-state index in [9.17, 15) is 0 Å². The molecule has 0 amide bonds. The van der Waals surface area contributed by atoms with Crippen molar-refractivity contribution in [3.05, 3.63) is 29.8 Å². The molecule has 0 aliphatic rings. The summed E-state index contributed by atoms with van der Waals surface area (Å²) < 4.78 is 0. The second-order valence-electron chi connectivity index (χ2n) is 3.16. The van der Waals surface area contributed by atoms with E-state index in [4.69, 9.17) is 11.1 Å². The SMILES string of the molecule is CC(C)N(N)c1cccc(C#N)c1. The maximum absolute atomic E-state index is 8.67. The van der Waals surface area contributed by atoms with Crippen LogP contribution in [0.25, 0.3) is 0 Å². The Hall–Kier alpha value is -1.53. The van der Waals surface area contributed by atoms with E-state index < -0.39 is 0 Å². The van der Waals surface area contributed by atoms with Crippen molar-refractivity contribution in [3.63, 3.8) is 0 Å². The highest BCUT2D eigenvalue weighted by molar-refractivity contribution is 5.50. The van der Waals surface area contributed by atoms with Crippen LogP contribution < -0.4 is 10.9 Å². The predicted molar refractivity (Wildman–Crippen MR) is 53.0 cm³/mol. The Morgan fingerprint density at radius 2 is 2.15 bits per heavy atom. The molecule has 0 aliphatic carbocycles. The Labute approximate surface area is 78.4 Å². The van der Waals surface area contributed by atoms with E-state index in [-0.39, 0.29) is 6.04 Å². The molecule has 0 radical (unpaired) electrons. The van der Waals surface area contributed by atoms with Crippen LogP contribution in [-0.2, 0) is 0 Å². The summed E-state index contributed by atoms with van der Waals surface area (Å²) in [5.74, 6) is 5.79. The number of hydrogen-bond acceptors (Lipinski definition) is 3. The highest BCUT2D eigenvalue weighted by atomic mass is 15.4. The van der Waals surface area contributed by atoms with Crippen molar-refractivity contribution >= 4 is 5.69 Å². The Kier molecular flexibility index (Phi) is 2.88. The van der Waals surface area contributed by atoms with Crippen LogP contribution in [0, 0.1) is 11.3 Å². The molecule has 0 spiro atoms. The summed E-state index contributed by atoms with van der Waals surface area (Å²) in [6, 6.07) is 9.57. The van der Waals surface area contributed by atoms with Crippen LogP contribution in [0.3, 0.4) is 0 Å². The van der Waals surface area contributed by atoms with Crippen LogP contribution >= 0.6 is 0 Å². The Morgan fingerprint density at radius 3 is 2.69 bits per heavy atom. The van der Waals surface area contributed by atoms with Gasteiger partial charge in [0.05, 0.1) is 17.3 Å². The first-order chi connectivity index (χ1) is 6.15. The van der Waals surface area contributed by atoms with Gasteiger partial charge >= 0.3 is 0 Å². The number of rotatable bonds is 2. The fourth-order valence-electron chi connectivity index (χ4n) is 1.03. The maximum atomic E-state index is 8.67. The molecule has 3 nitrogen and oxygen atoms in total. The zero-order valence-electron chi connectivity index (χ0n) is 7.86. The van der Waals surface area contributed by atoms with Gasteiger partial charge in [0.15, 0.2) is 0 Å². The molecule has 0 heterocycles. The molecule has 2 N–H and O–H groups in total. The molecule has 0 aromatic heterocycles. The van der Waals surface area contributed by atoms with E-state index in [1.807, 2.05) is 26.0 Å². The second-order valence-corrected chi connectivity index (χ2v) is 3.16. The van der Waals surface area contributed by atoms with E-state index in [2.05, 4.69) is 6.07 Å². The number of hydrogen-bond donors (Lipinski definition) is 1. The standard InChI is InChI=1S/C10H13N3/c1-8(2)13(12)10-5-3-4-9(6-10)7-11/h3-6,8H,12H2,1-2H3. The molecule has 0 bridgehead atoms. The molecular weight excluding hydrogens is 162 g/mol. The van der Waals surface area contributed by atoms with Gasteiger partial charge in [-0.2, -0.15) is 5.26 Å². The molecule has 0 saturated heterocycles. The molecule has 3 heteroatoms. The number of benzene rings is 1. The third kappa shape index (κ3) is 2.20. The summed E-state index contributed by atoms with van der Waals surface area (Å²) in [7, 11) is 0. The van der Waals surface area contributed by atoms with Crippen molar-refractivity contribution in [2.24, 2.45) is 5.84 Å². The van der Waals surface area contributed by atoms with Gasteiger partial charge in [0.1, 0.15) is 0 Å². The zero-order chi connectivity index (χ0) is 9.84. The number of anilines is 1. The maximum Gasteiger partial charge on any atom is 0.0992 e. The lowest BCUT2D eigenvalue weighted by Crippen LogP contribution is -2.37. The Balaban J connectivity index is 2.96. The smallest absolute Gasteiger partial charge is 0.0992 e. The summed E-state index contributed by atoms with van der Waals surface area (Å²) in [6.07, 6.45) is 0. The second kappa shape index (κ2) is 3.92. The van der Waals surface area contributed by atoms with Gasteiger partial charge in [0, 0.05) is 6.04 Å². The van der Waals surface area contributed by atoms with Crippen LogP contribution in [-0.4, -0.2) is 6.04 Å². The minimum Gasteiger partial charge on any atom is -0.309 e. The van der Waals surface area contributed by atoms with Crippen molar-refractivity contribution in [3.8, 4) is 6.07 Å². The molecule has 0 atom stereocenters. The van der Waals surface area contributed by atoms with Crippen molar-refractivity contribution in [1.82, 2.24) is 0 Å². The third-order valence-electron chi connectivity index (χ3n) is 1.83. The average Bonchev–Trinajstić information content (AvgIpc) is 2.16. The average molecular weight is 175 g/mol. The van der Waals surface area contributed by atoms with Crippen LogP contribution in [0.2, 0.25) is 0 Å². The quantitative estimate of drug-likeness (QED) is 0.549. The van der Waals surface area contributed by atoms with E-state index >= 15 is 0 Å². The van der Waals surface area contributed by atoms with Gasteiger partial charge in [0.25, 0.3) is 0 Å². The monoisotopic (exact) mass is 175 g/mol. The molecule has 0 unspecified atom stereocenters. The van der Waals surface area contributed by atoms with Gasteiger partial charge in [0.2, 0.25) is 0 Å². The molecule has 0 saturated carbocycles. The van der Waals surface area contributed by atoms with Crippen LogP contribution in [0.15, 0.2) is 24.3 Å². The molecule has 0 fully saturated rings. The van der Waals surface area contributed by atoms with Crippen molar-refractivity contribution in [2.75, 3.05) is 5.01 Å². The summed E-state index contributed by atoms with van der Waals surface area (Å²) in [5.41, 5.74) is 1.50. The van der Waals surface area contributed by atoms with E-state index in [0.29, 0.717) is 5.56 Å². The molecule has 1 aromatic rings. The number of hydrazine groups is 1. The first-order valence-corrected chi connectivity index (χ1v) is 4.19. The molecule has 68 valence electrons. The van der Waals surface area contributed by atoms with Gasteiger partial charge in [-0.05, 0) is 32.0 Å². The Morgan fingerprint density at radius 1 is 1.46 bits per heavy atom. The largest absolute Gasteiger partial charge is 0.309 e. The molecule has 13 heavy (non-hydrogen) atoms. The van der Waals surface area contributed by atoms with Crippen molar-refractivity contribution < 1.29 is 0 Å². The van der Waals surface area contributed by atoms with Crippen LogP contribution in [0.1, 0.15) is 19.4 Å².